The number of nitrogens with zero attached hydrogens (tertiary/aromatic N) is 6. The molecule has 0 aromatic carbocycles. The molecule has 1 aliphatic rings. The number of aryl methyl sites for hydroxylation is 1. The minimum absolute atomic E-state index is 0.128. The molecule has 0 saturated carbocycles. The molecule has 26 heavy (non-hydrogen) atoms. The Morgan fingerprint density at radius 3 is 2.65 bits per heavy atom. The molecule has 1 atom stereocenters. The first-order valence-corrected chi connectivity index (χ1v) is 8.57. The summed E-state index contributed by atoms with van der Waals surface area (Å²) in [7, 11) is 1.64. The van der Waals surface area contributed by atoms with Crippen LogP contribution in [-0.2, 0) is 13.6 Å². The maximum atomic E-state index is 13.1. The van der Waals surface area contributed by atoms with E-state index in [9.17, 15) is 9.59 Å². The van der Waals surface area contributed by atoms with Crippen molar-refractivity contribution in [2.24, 2.45) is 12.1 Å². The highest BCUT2D eigenvalue weighted by molar-refractivity contribution is 5.91. The summed E-state index contributed by atoms with van der Waals surface area (Å²) in [5, 5.41) is 6.33. The molecule has 1 aliphatic heterocycles. The van der Waals surface area contributed by atoms with Gasteiger partial charge in [-0.15, -0.1) is 0 Å². The SMILES string of the molecule is C=C(C)CN1N=C(C)C(C)n2c1nc1c2c(=O)n(CC=CC)c(=O)n1C. The predicted octanol–water partition coefficient (Wildman–Crippen LogP) is 1.81. The van der Waals surface area contributed by atoms with Gasteiger partial charge < -0.3 is 0 Å². The lowest BCUT2D eigenvalue weighted by Gasteiger charge is -2.29. The Labute approximate surface area is 151 Å². The van der Waals surface area contributed by atoms with Gasteiger partial charge in [0.15, 0.2) is 11.2 Å². The number of aromatic nitrogens is 4. The van der Waals surface area contributed by atoms with Gasteiger partial charge in [0.1, 0.15) is 0 Å². The molecule has 138 valence electrons. The fraction of sp³-hybridized carbons (Fsp3) is 0.444. The first kappa shape index (κ1) is 17.9. The molecule has 8 heteroatoms. The normalized spacial score (nSPS) is 17.0. The Hall–Kier alpha value is -2.90. The van der Waals surface area contributed by atoms with E-state index in [0.29, 0.717) is 23.7 Å². The zero-order valence-electron chi connectivity index (χ0n) is 15.9. The van der Waals surface area contributed by atoms with Crippen molar-refractivity contribution in [2.75, 3.05) is 11.6 Å². The first-order chi connectivity index (χ1) is 12.3. The van der Waals surface area contributed by atoms with Crippen molar-refractivity contribution in [3.63, 3.8) is 0 Å². The number of allylic oxidation sites excluding steroid dienone is 2. The molecule has 0 fully saturated rings. The van der Waals surface area contributed by atoms with Gasteiger partial charge in [0.25, 0.3) is 5.56 Å². The molecule has 0 amide bonds. The van der Waals surface area contributed by atoms with E-state index >= 15 is 0 Å². The average molecular weight is 356 g/mol. The lowest BCUT2D eigenvalue weighted by atomic mass is 10.2. The van der Waals surface area contributed by atoms with Crippen LogP contribution in [0, 0.1) is 0 Å². The van der Waals surface area contributed by atoms with Gasteiger partial charge in [-0.25, -0.2) is 9.80 Å². The molecule has 0 radical (unpaired) electrons. The van der Waals surface area contributed by atoms with Gasteiger partial charge in [0.05, 0.1) is 18.3 Å². The summed E-state index contributed by atoms with van der Waals surface area (Å²) in [6.45, 7) is 12.3. The monoisotopic (exact) mass is 356 g/mol. The zero-order valence-corrected chi connectivity index (χ0v) is 15.9. The van der Waals surface area contributed by atoms with Crippen LogP contribution in [0.2, 0.25) is 0 Å². The molecule has 0 N–H and O–H groups in total. The maximum absolute atomic E-state index is 13.1. The number of hydrazone groups is 1. The van der Waals surface area contributed by atoms with E-state index in [-0.39, 0.29) is 23.8 Å². The average Bonchev–Trinajstić information content (AvgIpc) is 2.98. The standard InChI is InChI=1S/C18H24N6O2/c1-7-8-9-22-16(25)14-15(21(6)18(22)26)19-17-23(10-11(2)3)20-12(4)13(5)24(14)17/h7-8,13H,2,9-10H2,1,3-6H3. The van der Waals surface area contributed by atoms with Crippen LogP contribution in [0.1, 0.15) is 33.7 Å². The third kappa shape index (κ3) is 2.61. The molecule has 0 spiro atoms. The van der Waals surface area contributed by atoms with E-state index in [1.165, 1.54) is 9.13 Å². The number of hydrogen-bond donors (Lipinski definition) is 0. The summed E-state index contributed by atoms with van der Waals surface area (Å²) in [5.74, 6) is 0.553. The highest BCUT2D eigenvalue weighted by atomic mass is 16.2. The summed E-state index contributed by atoms with van der Waals surface area (Å²) in [6, 6.07) is -0.128. The van der Waals surface area contributed by atoms with Crippen molar-refractivity contribution in [1.82, 2.24) is 18.7 Å². The highest BCUT2D eigenvalue weighted by Crippen LogP contribution is 2.29. The fourth-order valence-corrected chi connectivity index (χ4v) is 3.12. The molecule has 0 saturated heterocycles. The van der Waals surface area contributed by atoms with Crippen molar-refractivity contribution < 1.29 is 0 Å². The van der Waals surface area contributed by atoms with E-state index in [4.69, 9.17) is 0 Å². The van der Waals surface area contributed by atoms with E-state index < -0.39 is 0 Å². The van der Waals surface area contributed by atoms with E-state index in [1.54, 1.807) is 18.1 Å². The second kappa shape index (κ2) is 6.44. The number of fused-ring (bicyclic) bond motifs is 3. The predicted molar refractivity (Wildman–Crippen MR) is 104 cm³/mol. The Balaban J connectivity index is 2.38. The Bertz CT molecular complexity index is 1070. The summed E-state index contributed by atoms with van der Waals surface area (Å²) in [4.78, 5) is 30.3. The maximum Gasteiger partial charge on any atom is 0.332 e. The molecular weight excluding hydrogens is 332 g/mol. The molecule has 8 nitrogen and oxygen atoms in total. The van der Waals surface area contributed by atoms with E-state index in [0.717, 1.165) is 11.3 Å². The Morgan fingerprint density at radius 2 is 2.04 bits per heavy atom. The second-order valence-corrected chi connectivity index (χ2v) is 6.71. The van der Waals surface area contributed by atoms with Crippen molar-refractivity contribution in [3.05, 3.63) is 45.1 Å². The third-order valence-corrected chi connectivity index (χ3v) is 4.60. The van der Waals surface area contributed by atoms with E-state index in [1.807, 2.05) is 38.3 Å². The first-order valence-electron chi connectivity index (χ1n) is 8.57. The number of rotatable bonds is 4. The summed E-state index contributed by atoms with van der Waals surface area (Å²) in [6.07, 6.45) is 3.60. The largest absolute Gasteiger partial charge is 0.332 e. The van der Waals surface area contributed by atoms with Crippen LogP contribution in [0.5, 0.6) is 0 Å². The van der Waals surface area contributed by atoms with Gasteiger partial charge in [0.2, 0.25) is 5.95 Å². The highest BCUT2D eigenvalue weighted by Gasteiger charge is 2.30. The second-order valence-electron chi connectivity index (χ2n) is 6.71. The molecule has 2 aromatic rings. The van der Waals surface area contributed by atoms with Crippen LogP contribution in [0.4, 0.5) is 5.95 Å². The van der Waals surface area contributed by atoms with Crippen molar-refractivity contribution >= 4 is 22.8 Å². The number of hydrogen-bond acceptors (Lipinski definition) is 5. The summed E-state index contributed by atoms with van der Waals surface area (Å²) >= 11 is 0. The summed E-state index contributed by atoms with van der Waals surface area (Å²) < 4.78 is 4.52. The van der Waals surface area contributed by atoms with Gasteiger partial charge in [-0.2, -0.15) is 10.1 Å². The molecule has 0 bridgehead atoms. The van der Waals surface area contributed by atoms with Crippen molar-refractivity contribution in [1.29, 1.82) is 0 Å². The van der Waals surface area contributed by atoms with Crippen LogP contribution < -0.4 is 16.3 Å². The topological polar surface area (TPSA) is 77.4 Å². The quantitative estimate of drug-likeness (QED) is 0.783. The van der Waals surface area contributed by atoms with Gasteiger partial charge in [-0.1, -0.05) is 24.3 Å². The molecule has 0 aliphatic carbocycles. The number of anilines is 1. The summed E-state index contributed by atoms with van der Waals surface area (Å²) in [5.41, 5.74) is 1.86. The van der Waals surface area contributed by atoms with Crippen LogP contribution in [-0.4, -0.2) is 30.9 Å². The van der Waals surface area contributed by atoms with E-state index in [2.05, 4.69) is 16.7 Å². The molecular formula is C18H24N6O2. The fourth-order valence-electron chi connectivity index (χ4n) is 3.12. The molecule has 2 aromatic heterocycles. The van der Waals surface area contributed by atoms with Gasteiger partial charge in [-0.05, 0) is 27.7 Å². The van der Waals surface area contributed by atoms with Crippen LogP contribution in [0.3, 0.4) is 0 Å². The van der Waals surface area contributed by atoms with Crippen LogP contribution in [0.15, 0.2) is 39.0 Å². The smallest absolute Gasteiger partial charge is 0.294 e. The lowest BCUT2D eigenvalue weighted by Crippen LogP contribution is -2.40. The van der Waals surface area contributed by atoms with Crippen molar-refractivity contribution in [3.8, 4) is 0 Å². The molecule has 3 heterocycles. The van der Waals surface area contributed by atoms with Gasteiger partial charge in [-0.3, -0.25) is 18.5 Å². The molecule has 3 rings (SSSR count). The Kier molecular flexibility index (Phi) is 4.43. The van der Waals surface area contributed by atoms with Gasteiger partial charge in [0, 0.05) is 13.6 Å². The third-order valence-electron chi connectivity index (χ3n) is 4.60. The molecule has 1 unspecified atom stereocenters. The van der Waals surface area contributed by atoms with Crippen molar-refractivity contribution in [2.45, 2.75) is 40.3 Å². The lowest BCUT2D eigenvalue weighted by molar-refractivity contribution is 0.636. The van der Waals surface area contributed by atoms with Crippen LogP contribution in [0.25, 0.3) is 11.2 Å². The zero-order chi connectivity index (χ0) is 19.2. The van der Waals surface area contributed by atoms with Crippen LogP contribution >= 0.6 is 0 Å². The Morgan fingerprint density at radius 1 is 1.35 bits per heavy atom. The van der Waals surface area contributed by atoms with Gasteiger partial charge >= 0.3 is 5.69 Å². The number of imidazole rings is 1. The minimum Gasteiger partial charge on any atom is -0.294 e. The minimum atomic E-state index is -0.382.